The van der Waals surface area contributed by atoms with Gasteiger partial charge in [0.1, 0.15) is 0 Å². The first-order valence-corrected chi connectivity index (χ1v) is 13.1. The molecule has 0 spiro atoms. The summed E-state index contributed by atoms with van der Waals surface area (Å²) in [5.74, 6) is 0.433. The molecule has 0 saturated carbocycles. The van der Waals surface area contributed by atoms with Gasteiger partial charge in [-0.1, -0.05) is 89.1 Å². The SMILES string of the molecule is C=C/C(=C\C=N)N(C=C)c1c(C(=C)/C=C\C)c2c(c3c1C(C)(C)c1ccccc1-3)CC1=C2C(C)CC=C1. The Morgan fingerprint density at radius 2 is 1.92 bits per heavy atom. The van der Waals surface area contributed by atoms with E-state index in [9.17, 15) is 0 Å². The fourth-order valence-corrected chi connectivity index (χ4v) is 6.74. The van der Waals surface area contributed by atoms with Crippen LogP contribution in [0.3, 0.4) is 0 Å². The molecule has 0 heterocycles. The summed E-state index contributed by atoms with van der Waals surface area (Å²) in [6.45, 7) is 22.0. The zero-order chi connectivity index (χ0) is 26.5. The molecule has 3 aliphatic rings. The van der Waals surface area contributed by atoms with E-state index in [-0.39, 0.29) is 5.41 Å². The van der Waals surface area contributed by atoms with Crippen LogP contribution < -0.4 is 4.90 Å². The van der Waals surface area contributed by atoms with Crippen molar-refractivity contribution in [3.63, 3.8) is 0 Å². The van der Waals surface area contributed by atoms with Gasteiger partial charge in [0.25, 0.3) is 0 Å². The van der Waals surface area contributed by atoms with E-state index in [0.29, 0.717) is 5.92 Å². The number of nitrogens with one attached hydrogen (secondary N) is 1. The smallest absolute Gasteiger partial charge is 0.0586 e. The maximum Gasteiger partial charge on any atom is 0.0586 e. The molecule has 2 aromatic carbocycles. The summed E-state index contributed by atoms with van der Waals surface area (Å²) in [6, 6.07) is 8.86. The van der Waals surface area contributed by atoms with Gasteiger partial charge >= 0.3 is 0 Å². The zero-order valence-corrected chi connectivity index (χ0v) is 22.5. The molecule has 0 saturated heterocycles. The zero-order valence-electron chi connectivity index (χ0n) is 22.5. The Morgan fingerprint density at radius 1 is 1.16 bits per heavy atom. The average Bonchev–Trinajstić information content (AvgIpc) is 3.38. The third-order valence-corrected chi connectivity index (χ3v) is 8.21. The van der Waals surface area contributed by atoms with Gasteiger partial charge in [-0.05, 0) is 87.9 Å². The minimum absolute atomic E-state index is 0.232. The second-order valence-electron chi connectivity index (χ2n) is 10.7. The Kier molecular flexibility index (Phi) is 6.15. The van der Waals surface area contributed by atoms with Crippen LogP contribution in [0.25, 0.3) is 22.3 Å². The second kappa shape index (κ2) is 9.19. The Hall–Kier alpha value is -3.91. The van der Waals surface area contributed by atoms with E-state index >= 15 is 0 Å². The number of hydrogen-bond donors (Lipinski definition) is 1. The monoisotopic (exact) mass is 484 g/mol. The molecule has 186 valence electrons. The standard InChI is InChI=1S/C35H36N2/c1-8-14-22(4)30-32-27(21-24-16-13-15-23(5)29(24)32)31-26-17-11-12-18-28(26)35(6,7)33(31)34(30)37(10-3)25(9-2)19-20-36/h8-14,16-20,23,36H,2-4,15,21H2,1,5-7H3/b14-8-,25-19+,36-20?. The first-order valence-electron chi connectivity index (χ1n) is 13.1. The maximum absolute atomic E-state index is 7.82. The van der Waals surface area contributed by atoms with E-state index in [2.05, 4.69) is 94.0 Å². The molecular formula is C35H36N2. The molecule has 2 aromatic rings. The molecule has 1 N–H and O–H groups in total. The van der Waals surface area contributed by atoms with Crippen LogP contribution in [-0.4, -0.2) is 6.21 Å². The lowest BCUT2D eigenvalue weighted by Crippen LogP contribution is -2.24. The van der Waals surface area contributed by atoms with Gasteiger partial charge < -0.3 is 10.3 Å². The van der Waals surface area contributed by atoms with Gasteiger partial charge in [-0.25, -0.2) is 0 Å². The van der Waals surface area contributed by atoms with Gasteiger partial charge in [0.05, 0.1) is 5.69 Å². The fraction of sp³-hybridized carbons (Fsp3) is 0.229. The summed E-state index contributed by atoms with van der Waals surface area (Å²) in [5, 5.41) is 7.82. The van der Waals surface area contributed by atoms with E-state index in [1.807, 2.05) is 13.1 Å². The molecule has 0 bridgehead atoms. The van der Waals surface area contributed by atoms with E-state index in [1.54, 1.807) is 12.2 Å². The summed E-state index contributed by atoms with van der Waals surface area (Å²) in [6.07, 6.45) is 17.6. The summed E-state index contributed by atoms with van der Waals surface area (Å²) in [5.41, 5.74) is 14.8. The van der Waals surface area contributed by atoms with Gasteiger partial charge in [-0.3, -0.25) is 0 Å². The van der Waals surface area contributed by atoms with Crippen molar-refractivity contribution in [2.24, 2.45) is 5.92 Å². The van der Waals surface area contributed by atoms with Gasteiger partial charge in [-0.2, -0.15) is 0 Å². The lowest BCUT2D eigenvalue weighted by Gasteiger charge is -2.35. The molecule has 0 amide bonds. The van der Waals surface area contributed by atoms with E-state index < -0.39 is 0 Å². The molecule has 1 unspecified atom stereocenters. The fourth-order valence-electron chi connectivity index (χ4n) is 6.74. The van der Waals surface area contributed by atoms with Crippen molar-refractivity contribution in [3.8, 4) is 11.1 Å². The van der Waals surface area contributed by atoms with Gasteiger partial charge in [-0.15, -0.1) is 0 Å². The molecule has 0 aromatic heterocycles. The van der Waals surface area contributed by atoms with Crippen molar-refractivity contribution in [1.82, 2.24) is 0 Å². The van der Waals surface area contributed by atoms with Crippen LogP contribution in [0.2, 0.25) is 0 Å². The van der Waals surface area contributed by atoms with Crippen LogP contribution in [0, 0.1) is 11.3 Å². The van der Waals surface area contributed by atoms with Gasteiger partial charge in [0.15, 0.2) is 0 Å². The molecule has 0 aliphatic heterocycles. The minimum atomic E-state index is -0.232. The van der Waals surface area contributed by atoms with E-state index in [0.717, 1.165) is 35.4 Å². The average molecular weight is 485 g/mol. The van der Waals surface area contributed by atoms with Crippen molar-refractivity contribution in [1.29, 1.82) is 5.41 Å². The molecule has 5 rings (SSSR count). The van der Waals surface area contributed by atoms with Crippen LogP contribution in [0.4, 0.5) is 5.69 Å². The molecule has 3 aliphatic carbocycles. The molecule has 1 atom stereocenters. The predicted molar refractivity (Wildman–Crippen MR) is 161 cm³/mol. The summed E-state index contributed by atoms with van der Waals surface area (Å²) in [7, 11) is 0. The lowest BCUT2D eigenvalue weighted by molar-refractivity contribution is 0.659. The number of rotatable bonds is 7. The highest BCUT2D eigenvalue weighted by atomic mass is 15.1. The van der Waals surface area contributed by atoms with Crippen molar-refractivity contribution in [2.75, 3.05) is 4.90 Å². The van der Waals surface area contributed by atoms with Gasteiger partial charge in [0, 0.05) is 29.1 Å². The molecular weight excluding hydrogens is 448 g/mol. The summed E-state index contributed by atoms with van der Waals surface area (Å²) >= 11 is 0. The predicted octanol–water partition coefficient (Wildman–Crippen LogP) is 9.16. The third-order valence-electron chi connectivity index (χ3n) is 8.21. The number of hydrogen-bond acceptors (Lipinski definition) is 2. The Bertz CT molecular complexity index is 1490. The molecule has 0 radical (unpaired) electrons. The maximum atomic E-state index is 7.82. The number of allylic oxidation sites excluding steroid dienone is 9. The first kappa shape index (κ1) is 24.8. The minimum Gasteiger partial charge on any atom is -0.317 e. The van der Waals surface area contributed by atoms with Crippen molar-refractivity contribution in [3.05, 3.63) is 126 Å². The normalized spacial score (nSPS) is 18.8. The Labute approximate surface area is 221 Å². The van der Waals surface area contributed by atoms with Crippen LogP contribution in [0.15, 0.2) is 97.9 Å². The van der Waals surface area contributed by atoms with Crippen molar-refractivity contribution < 1.29 is 0 Å². The van der Waals surface area contributed by atoms with Crippen LogP contribution >= 0.6 is 0 Å². The highest BCUT2D eigenvalue weighted by Crippen LogP contribution is 2.60. The summed E-state index contributed by atoms with van der Waals surface area (Å²) in [4.78, 5) is 2.12. The number of nitrogens with zero attached hydrogens (tertiary/aromatic N) is 1. The Morgan fingerprint density at radius 3 is 2.59 bits per heavy atom. The van der Waals surface area contributed by atoms with Crippen LogP contribution in [0.1, 0.15) is 61.9 Å². The van der Waals surface area contributed by atoms with Crippen molar-refractivity contribution >= 4 is 23.0 Å². The molecule has 2 heteroatoms. The highest BCUT2D eigenvalue weighted by molar-refractivity contribution is 6.04. The number of fused-ring (bicyclic) bond motifs is 6. The quantitative estimate of drug-likeness (QED) is 0.308. The number of anilines is 1. The lowest BCUT2D eigenvalue weighted by atomic mass is 9.76. The molecule has 2 nitrogen and oxygen atoms in total. The largest absolute Gasteiger partial charge is 0.317 e. The molecule has 37 heavy (non-hydrogen) atoms. The van der Waals surface area contributed by atoms with E-state index in [1.165, 1.54) is 50.7 Å². The second-order valence-corrected chi connectivity index (χ2v) is 10.7. The van der Waals surface area contributed by atoms with Crippen molar-refractivity contribution in [2.45, 2.75) is 46.0 Å². The number of benzene rings is 2. The third kappa shape index (κ3) is 3.50. The Balaban J connectivity index is 2.03. The van der Waals surface area contributed by atoms with Gasteiger partial charge in [0.2, 0.25) is 0 Å². The van der Waals surface area contributed by atoms with Crippen LogP contribution in [-0.2, 0) is 11.8 Å². The molecule has 0 fully saturated rings. The summed E-state index contributed by atoms with van der Waals surface area (Å²) < 4.78 is 0. The first-order chi connectivity index (χ1) is 17.8. The van der Waals surface area contributed by atoms with Crippen LogP contribution in [0.5, 0.6) is 0 Å². The highest BCUT2D eigenvalue weighted by Gasteiger charge is 2.45. The topological polar surface area (TPSA) is 27.1 Å². The van der Waals surface area contributed by atoms with E-state index in [4.69, 9.17) is 5.41 Å².